The maximum absolute atomic E-state index is 13.6. The van der Waals surface area contributed by atoms with Gasteiger partial charge in [-0.3, -0.25) is 19.6 Å². The number of imidazole rings is 1. The van der Waals surface area contributed by atoms with Gasteiger partial charge in [-0.15, -0.1) is 0 Å². The smallest absolute Gasteiger partial charge is 0.270 e. The Balaban J connectivity index is 1.14. The molecule has 5 atom stereocenters. The van der Waals surface area contributed by atoms with E-state index in [0.717, 1.165) is 47.2 Å². The zero-order chi connectivity index (χ0) is 33.9. The Labute approximate surface area is 285 Å². The fourth-order valence-electron chi connectivity index (χ4n) is 8.95. The highest BCUT2D eigenvalue weighted by molar-refractivity contribution is 5.93. The minimum atomic E-state index is -0.961. The van der Waals surface area contributed by atoms with Crippen molar-refractivity contribution >= 4 is 22.8 Å². The molecule has 3 saturated carbocycles. The van der Waals surface area contributed by atoms with Crippen molar-refractivity contribution < 1.29 is 24.2 Å². The number of nitrogens with zero attached hydrogens (tertiary/aromatic N) is 3. The van der Waals surface area contributed by atoms with E-state index in [-0.39, 0.29) is 29.3 Å². The molecule has 2 aromatic carbocycles. The van der Waals surface area contributed by atoms with Gasteiger partial charge >= 0.3 is 0 Å². The number of aliphatic hydroxyl groups is 1. The first-order valence-corrected chi connectivity index (χ1v) is 17.6. The van der Waals surface area contributed by atoms with Crippen molar-refractivity contribution in [3.8, 4) is 5.75 Å². The van der Waals surface area contributed by atoms with Crippen LogP contribution in [-0.4, -0.2) is 74.8 Å². The molecule has 9 rings (SSSR count). The average Bonchev–Trinajstić information content (AvgIpc) is 3.77. The number of rotatable bonds is 11. The number of hydrogen-bond acceptors (Lipinski definition) is 8. The predicted octanol–water partition coefficient (Wildman–Crippen LogP) is 3.59. The van der Waals surface area contributed by atoms with Gasteiger partial charge in [-0.2, -0.15) is 5.10 Å². The molecule has 4 heterocycles. The van der Waals surface area contributed by atoms with Crippen molar-refractivity contribution in [3.63, 3.8) is 0 Å². The summed E-state index contributed by atoms with van der Waals surface area (Å²) in [6.07, 6.45) is 4.71. The van der Waals surface area contributed by atoms with Crippen molar-refractivity contribution in [3.05, 3.63) is 77.4 Å². The van der Waals surface area contributed by atoms with Gasteiger partial charge in [0.1, 0.15) is 29.6 Å². The van der Waals surface area contributed by atoms with Gasteiger partial charge < -0.3 is 30.2 Å². The molecule has 2 aliphatic heterocycles. The minimum Gasteiger partial charge on any atom is -0.490 e. The van der Waals surface area contributed by atoms with Gasteiger partial charge in [0.25, 0.3) is 5.91 Å². The third kappa shape index (κ3) is 5.32. The summed E-state index contributed by atoms with van der Waals surface area (Å²) in [6.45, 7) is 5.50. The lowest BCUT2D eigenvalue weighted by Crippen LogP contribution is -2.70. The molecule has 2 amide bonds. The number of H-pyrrole nitrogens is 1. The Morgan fingerprint density at radius 1 is 1.12 bits per heavy atom. The number of amides is 2. The van der Waals surface area contributed by atoms with E-state index in [0.29, 0.717) is 50.0 Å². The molecular formula is C37H45N7O5. The molecule has 4 fully saturated rings. The van der Waals surface area contributed by atoms with Crippen molar-refractivity contribution in [2.24, 2.45) is 18.4 Å². The van der Waals surface area contributed by atoms with E-state index in [9.17, 15) is 14.7 Å². The molecule has 258 valence electrons. The minimum absolute atomic E-state index is 0.0403. The highest BCUT2D eigenvalue weighted by Crippen LogP contribution is 2.66. The van der Waals surface area contributed by atoms with E-state index in [1.54, 1.807) is 24.0 Å². The second-order valence-corrected chi connectivity index (χ2v) is 14.5. The Hall–Kier alpha value is -4.26. The monoisotopic (exact) mass is 667 g/mol. The van der Waals surface area contributed by atoms with Gasteiger partial charge in [0, 0.05) is 44.0 Å². The average molecular weight is 668 g/mol. The molecule has 2 unspecified atom stereocenters. The van der Waals surface area contributed by atoms with E-state index in [2.05, 4.69) is 32.1 Å². The lowest BCUT2D eigenvalue weighted by atomic mass is 9.41. The number of ether oxygens (including phenoxy) is 2. The number of nitrogens with one attached hydrogen (secondary N) is 4. The van der Waals surface area contributed by atoms with Gasteiger partial charge in [0.2, 0.25) is 5.91 Å². The summed E-state index contributed by atoms with van der Waals surface area (Å²) in [5, 5.41) is 26.0. The maximum atomic E-state index is 13.6. The van der Waals surface area contributed by atoms with Crippen LogP contribution in [0.15, 0.2) is 54.7 Å². The number of aliphatic hydroxyl groups excluding tert-OH is 1. The zero-order valence-corrected chi connectivity index (χ0v) is 28.2. The van der Waals surface area contributed by atoms with E-state index in [1.807, 2.05) is 50.2 Å². The van der Waals surface area contributed by atoms with Crippen LogP contribution in [0.25, 0.3) is 11.0 Å². The molecule has 3 aliphatic carbocycles. The lowest BCUT2D eigenvalue weighted by molar-refractivity contribution is -0.165. The van der Waals surface area contributed by atoms with E-state index in [1.165, 1.54) is 0 Å². The second-order valence-electron chi connectivity index (χ2n) is 14.5. The number of para-hydroxylation sites is 1. The quantitative estimate of drug-likeness (QED) is 0.152. The predicted molar refractivity (Wildman–Crippen MR) is 182 cm³/mol. The summed E-state index contributed by atoms with van der Waals surface area (Å²) in [7, 11) is 1.74. The van der Waals surface area contributed by atoms with Crippen LogP contribution < -0.4 is 20.7 Å². The van der Waals surface area contributed by atoms with E-state index in [4.69, 9.17) is 14.5 Å². The topological polar surface area (TPSA) is 155 Å². The fraction of sp³-hybridized carbons (Fsp3) is 0.514. The van der Waals surface area contributed by atoms with Crippen LogP contribution in [0.4, 0.5) is 0 Å². The van der Waals surface area contributed by atoms with Gasteiger partial charge in [-0.05, 0) is 87.1 Å². The highest BCUT2D eigenvalue weighted by Gasteiger charge is 2.63. The molecule has 49 heavy (non-hydrogen) atoms. The molecule has 12 nitrogen and oxygen atoms in total. The normalized spacial score (nSPS) is 26.8. The first-order valence-electron chi connectivity index (χ1n) is 17.6. The summed E-state index contributed by atoms with van der Waals surface area (Å²) >= 11 is 0. The third-order valence-electron chi connectivity index (χ3n) is 11.7. The van der Waals surface area contributed by atoms with E-state index >= 15 is 0 Å². The van der Waals surface area contributed by atoms with Crippen molar-refractivity contribution in [1.29, 1.82) is 0 Å². The molecule has 2 bridgehead atoms. The number of aryl methyl sites for hydroxylation is 1. The Morgan fingerprint density at radius 2 is 1.90 bits per heavy atom. The Bertz CT molecular complexity index is 1860. The Kier molecular flexibility index (Phi) is 8.00. The number of benzene rings is 2. The molecular weight excluding hydrogens is 622 g/mol. The van der Waals surface area contributed by atoms with Gasteiger partial charge in [-0.25, -0.2) is 4.98 Å². The molecule has 12 heteroatoms. The molecule has 5 aliphatic rings. The van der Waals surface area contributed by atoms with Crippen molar-refractivity contribution in [2.45, 2.75) is 81.7 Å². The SMILES string of the molecule is CCNC(=O)[C@H](NC(O)C1(c2ccc3nc([C@@H](NC(=O)c4ccnn4C)[C@H]4c5ccccc5OC4C)[nH]c3c2)CCOCC1)C12CC(C1)C2. The van der Waals surface area contributed by atoms with Crippen molar-refractivity contribution in [1.82, 2.24) is 35.7 Å². The number of carbonyl (C=O) groups is 2. The number of carbonyl (C=O) groups excluding carboxylic acids is 2. The molecule has 5 N–H and O–H groups in total. The number of fused-ring (bicyclic) bond motifs is 2. The van der Waals surface area contributed by atoms with Crippen LogP contribution in [-0.2, 0) is 22.0 Å². The summed E-state index contributed by atoms with van der Waals surface area (Å²) in [5.41, 5.74) is 3.19. The first kappa shape index (κ1) is 32.0. The second kappa shape index (κ2) is 12.3. The molecule has 0 radical (unpaired) electrons. The summed E-state index contributed by atoms with van der Waals surface area (Å²) < 4.78 is 13.6. The molecule has 0 spiro atoms. The van der Waals surface area contributed by atoms with Crippen LogP contribution in [0.5, 0.6) is 5.75 Å². The summed E-state index contributed by atoms with van der Waals surface area (Å²) in [5.74, 6) is 1.61. The van der Waals surface area contributed by atoms with Crippen LogP contribution in [0, 0.1) is 11.3 Å². The zero-order valence-electron chi connectivity index (χ0n) is 28.2. The summed E-state index contributed by atoms with van der Waals surface area (Å²) in [4.78, 5) is 35.5. The molecule has 4 aromatic rings. The highest BCUT2D eigenvalue weighted by atomic mass is 16.5. The number of hydrogen-bond donors (Lipinski definition) is 5. The van der Waals surface area contributed by atoms with Gasteiger partial charge in [-0.1, -0.05) is 24.3 Å². The number of likely N-dealkylation sites (N-methyl/N-ethyl adjacent to an activating group) is 1. The van der Waals surface area contributed by atoms with Gasteiger partial charge in [0.05, 0.1) is 29.0 Å². The lowest BCUT2D eigenvalue weighted by Gasteiger charge is -2.65. The largest absolute Gasteiger partial charge is 0.490 e. The van der Waals surface area contributed by atoms with Crippen LogP contribution >= 0.6 is 0 Å². The maximum Gasteiger partial charge on any atom is 0.270 e. The van der Waals surface area contributed by atoms with Gasteiger partial charge in [0.15, 0.2) is 0 Å². The fourth-order valence-corrected chi connectivity index (χ4v) is 8.95. The Morgan fingerprint density at radius 3 is 2.59 bits per heavy atom. The van der Waals surface area contributed by atoms with Crippen molar-refractivity contribution in [2.75, 3.05) is 19.8 Å². The third-order valence-corrected chi connectivity index (χ3v) is 11.7. The number of aromatic amines is 1. The summed E-state index contributed by atoms with van der Waals surface area (Å²) in [6, 6.07) is 14.7. The van der Waals surface area contributed by atoms with Crippen LogP contribution in [0.1, 0.15) is 85.4 Å². The van der Waals surface area contributed by atoms with E-state index < -0.39 is 23.7 Å². The van der Waals surface area contributed by atoms with Crippen LogP contribution in [0.3, 0.4) is 0 Å². The first-order chi connectivity index (χ1) is 23.7. The molecule has 1 saturated heterocycles. The molecule has 2 aromatic heterocycles. The standard InChI is InChI=1S/C37H45N7O5/c1-4-38-34(46)31(36-18-22(19-36)20-36)43-35(47)37(12-15-48-16-13-37)23-9-10-25-26(17-23)41-32(40-25)30(42-33(45)27-11-14-39-44(27)3)29-21(2)49-28-8-6-5-7-24(28)29/h5-11,14,17,21-22,29-31,35,43,47H,4,12-13,15-16,18-20H2,1-3H3,(H,38,46)(H,40,41)(H,42,45)/t21?,22?,29-,30+,31+,35?,36?/m1/s1. The number of aromatic nitrogens is 4. The van der Waals surface area contributed by atoms with Crippen LogP contribution in [0.2, 0.25) is 0 Å².